The van der Waals surface area contributed by atoms with Gasteiger partial charge in [-0.05, 0) is 69.2 Å². The topological polar surface area (TPSA) is 95.0 Å². The predicted octanol–water partition coefficient (Wildman–Crippen LogP) is 4.51. The Morgan fingerprint density at radius 2 is 1.89 bits per heavy atom. The summed E-state index contributed by atoms with van der Waals surface area (Å²) in [5.41, 5.74) is 2.13. The number of amides is 1. The first kappa shape index (κ1) is 25.1. The Bertz CT molecular complexity index is 1650. The molecule has 0 atom stereocenters. The molecule has 0 saturated heterocycles. The first-order chi connectivity index (χ1) is 17.2. The van der Waals surface area contributed by atoms with Crippen molar-refractivity contribution in [2.24, 2.45) is 4.99 Å². The molecular weight excluding hydrogens is 480 g/mol. The van der Waals surface area contributed by atoms with E-state index in [1.165, 1.54) is 16.5 Å². The minimum Gasteiger partial charge on any atom is -0.462 e. The second-order valence-corrected chi connectivity index (χ2v) is 8.88. The Morgan fingerprint density at radius 3 is 2.56 bits per heavy atom. The highest BCUT2D eigenvalue weighted by Crippen LogP contribution is 2.17. The standard InChI is InChI=1S/C27H25ClN4O4/c1-5-36-27(35)21-15-20-24(30-23-17(4)7-6-14-31(23)26(20)34)32(16(2)3)25(21)29-22(33)13-10-18-8-11-19(28)12-9-18/h6-16H,5H2,1-4H3/b13-10-,29-25?. The van der Waals surface area contributed by atoms with Crippen LogP contribution in [0, 0.1) is 6.92 Å². The summed E-state index contributed by atoms with van der Waals surface area (Å²) < 4.78 is 8.30. The van der Waals surface area contributed by atoms with Crippen molar-refractivity contribution in [3.05, 3.63) is 92.3 Å². The van der Waals surface area contributed by atoms with Gasteiger partial charge < -0.3 is 9.30 Å². The predicted molar refractivity (Wildman–Crippen MR) is 139 cm³/mol. The Labute approximate surface area is 212 Å². The van der Waals surface area contributed by atoms with Crippen LogP contribution in [0.3, 0.4) is 0 Å². The van der Waals surface area contributed by atoms with Crippen LogP contribution in [0.1, 0.15) is 48.3 Å². The third-order valence-electron chi connectivity index (χ3n) is 5.57. The Kier molecular flexibility index (Phi) is 7.17. The van der Waals surface area contributed by atoms with E-state index < -0.39 is 11.9 Å². The first-order valence-electron chi connectivity index (χ1n) is 11.5. The average molecular weight is 505 g/mol. The number of rotatable bonds is 5. The number of halogens is 1. The van der Waals surface area contributed by atoms with Gasteiger partial charge in [0.15, 0.2) is 5.49 Å². The summed E-state index contributed by atoms with van der Waals surface area (Å²) in [6, 6.07) is 11.7. The summed E-state index contributed by atoms with van der Waals surface area (Å²) in [5, 5.41) is 0.806. The minimum atomic E-state index is -0.684. The van der Waals surface area contributed by atoms with Crippen LogP contribution in [0.15, 0.2) is 64.5 Å². The summed E-state index contributed by atoms with van der Waals surface area (Å²) in [6.07, 6.45) is 4.54. The Hall–Kier alpha value is -4.04. The number of aryl methyl sites for hydroxylation is 1. The number of pyridine rings is 2. The molecule has 0 saturated carbocycles. The molecule has 3 heterocycles. The van der Waals surface area contributed by atoms with Gasteiger partial charge in [-0.2, -0.15) is 4.99 Å². The fraction of sp³-hybridized carbons (Fsp3) is 0.222. The van der Waals surface area contributed by atoms with Gasteiger partial charge in [0.05, 0.1) is 12.0 Å². The molecule has 3 aromatic heterocycles. The maximum Gasteiger partial charge on any atom is 0.341 e. The second kappa shape index (κ2) is 10.3. The molecule has 9 heteroatoms. The zero-order valence-electron chi connectivity index (χ0n) is 20.4. The van der Waals surface area contributed by atoms with Gasteiger partial charge in [-0.1, -0.05) is 29.8 Å². The Morgan fingerprint density at radius 1 is 1.17 bits per heavy atom. The lowest BCUT2D eigenvalue weighted by molar-refractivity contribution is -0.113. The van der Waals surface area contributed by atoms with Crippen molar-refractivity contribution in [2.45, 2.75) is 33.7 Å². The van der Waals surface area contributed by atoms with E-state index in [4.69, 9.17) is 21.3 Å². The van der Waals surface area contributed by atoms with Gasteiger partial charge in [0.2, 0.25) is 0 Å². The zero-order valence-corrected chi connectivity index (χ0v) is 21.1. The lowest BCUT2D eigenvalue weighted by Gasteiger charge is -2.18. The zero-order chi connectivity index (χ0) is 26.0. The first-order valence-corrected chi connectivity index (χ1v) is 11.9. The van der Waals surface area contributed by atoms with Gasteiger partial charge in [0.25, 0.3) is 11.5 Å². The number of fused-ring (bicyclic) bond motifs is 2. The normalized spacial score (nSPS) is 12.2. The second-order valence-electron chi connectivity index (χ2n) is 8.44. The number of carbonyl (C=O) groups is 2. The van der Waals surface area contributed by atoms with Crippen LogP contribution in [-0.4, -0.2) is 32.4 Å². The molecule has 0 radical (unpaired) electrons. The quantitative estimate of drug-likeness (QED) is 0.226. The molecule has 0 spiro atoms. The SMILES string of the molecule is CCOC(=O)c1cc2c(=O)n3cccc(C)c3nc2n(C(C)C)c1=NC(=O)/C=C\c1ccc(Cl)cc1. The fourth-order valence-electron chi connectivity index (χ4n) is 3.89. The number of hydrogen-bond donors (Lipinski definition) is 0. The fourth-order valence-corrected chi connectivity index (χ4v) is 4.02. The number of benzene rings is 1. The van der Waals surface area contributed by atoms with E-state index in [1.807, 2.05) is 26.8 Å². The molecule has 0 aliphatic rings. The number of nitrogens with zero attached hydrogens (tertiary/aromatic N) is 4. The van der Waals surface area contributed by atoms with Crippen LogP contribution in [0.25, 0.3) is 22.8 Å². The third-order valence-corrected chi connectivity index (χ3v) is 5.82. The number of hydrogen-bond acceptors (Lipinski definition) is 5. The van der Waals surface area contributed by atoms with Crippen LogP contribution in [-0.2, 0) is 9.53 Å². The lowest BCUT2D eigenvalue weighted by atomic mass is 10.1. The summed E-state index contributed by atoms with van der Waals surface area (Å²) in [7, 11) is 0. The van der Waals surface area contributed by atoms with Crippen LogP contribution in [0.4, 0.5) is 0 Å². The van der Waals surface area contributed by atoms with Crippen molar-refractivity contribution in [1.82, 2.24) is 14.0 Å². The van der Waals surface area contributed by atoms with Gasteiger partial charge in [-0.3, -0.25) is 14.0 Å². The molecule has 36 heavy (non-hydrogen) atoms. The smallest absolute Gasteiger partial charge is 0.341 e. The maximum absolute atomic E-state index is 13.4. The van der Waals surface area contributed by atoms with E-state index >= 15 is 0 Å². The molecule has 4 rings (SSSR count). The molecule has 0 N–H and O–H groups in total. The van der Waals surface area contributed by atoms with Crippen molar-refractivity contribution in [3.8, 4) is 0 Å². The van der Waals surface area contributed by atoms with E-state index in [0.717, 1.165) is 11.1 Å². The molecule has 1 amide bonds. The molecule has 184 valence electrons. The van der Waals surface area contributed by atoms with E-state index in [0.29, 0.717) is 16.3 Å². The van der Waals surface area contributed by atoms with Gasteiger partial charge in [-0.25, -0.2) is 9.78 Å². The monoisotopic (exact) mass is 504 g/mol. The van der Waals surface area contributed by atoms with Crippen LogP contribution >= 0.6 is 11.6 Å². The lowest BCUT2D eigenvalue weighted by Crippen LogP contribution is -2.33. The summed E-state index contributed by atoms with van der Waals surface area (Å²) in [4.78, 5) is 48.2. The molecule has 1 aromatic carbocycles. The van der Waals surface area contributed by atoms with Crippen molar-refractivity contribution in [2.75, 3.05) is 6.61 Å². The Balaban J connectivity index is 2.03. The summed E-state index contributed by atoms with van der Waals surface area (Å²) in [6.45, 7) is 7.39. The number of ether oxygens (including phenoxy) is 1. The van der Waals surface area contributed by atoms with Crippen molar-refractivity contribution < 1.29 is 14.3 Å². The van der Waals surface area contributed by atoms with Gasteiger partial charge in [0.1, 0.15) is 16.9 Å². The molecule has 8 nitrogen and oxygen atoms in total. The molecule has 0 unspecified atom stereocenters. The summed E-state index contributed by atoms with van der Waals surface area (Å²) in [5.74, 6) is -1.27. The number of carbonyl (C=O) groups excluding carboxylic acids is 2. The highest BCUT2D eigenvalue weighted by Gasteiger charge is 2.21. The third kappa shape index (κ3) is 4.85. The maximum atomic E-state index is 13.4. The minimum absolute atomic E-state index is 0.0118. The molecule has 0 aliphatic carbocycles. The molecule has 0 bridgehead atoms. The van der Waals surface area contributed by atoms with Gasteiger partial charge in [0, 0.05) is 23.3 Å². The van der Waals surface area contributed by atoms with Crippen LogP contribution in [0.5, 0.6) is 0 Å². The average Bonchev–Trinajstić information content (AvgIpc) is 2.84. The summed E-state index contributed by atoms with van der Waals surface area (Å²) >= 11 is 5.92. The highest BCUT2D eigenvalue weighted by molar-refractivity contribution is 6.30. The van der Waals surface area contributed by atoms with Crippen molar-refractivity contribution >= 4 is 46.2 Å². The molecule has 4 aromatic rings. The molecular formula is C27H25ClN4O4. The van der Waals surface area contributed by atoms with E-state index in [9.17, 15) is 14.4 Å². The number of esters is 1. The van der Waals surface area contributed by atoms with Crippen LogP contribution in [0.2, 0.25) is 5.02 Å². The van der Waals surface area contributed by atoms with E-state index in [2.05, 4.69) is 4.99 Å². The van der Waals surface area contributed by atoms with Crippen LogP contribution < -0.4 is 11.0 Å². The molecule has 0 aliphatic heterocycles. The van der Waals surface area contributed by atoms with Crippen molar-refractivity contribution in [1.29, 1.82) is 0 Å². The van der Waals surface area contributed by atoms with Gasteiger partial charge in [-0.15, -0.1) is 0 Å². The highest BCUT2D eigenvalue weighted by atomic mass is 35.5. The largest absolute Gasteiger partial charge is 0.462 e. The molecule has 0 fully saturated rings. The number of aromatic nitrogens is 3. The van der Waals surface area contributed by atoms with Crippen molar-refractivity contribution in [3.63, 3.8) is 0 Å². The van der Waals surface area contributed by atoms with E-state index in [-0.39, 0.29) is 34.6 Å². The van der Waals surface area contributed by atoms with Gasteiger partial charge >= 0.3 is 5.97 Å². The van der Waals surface area contributed by atoms with E-state index in [1.54, 1.807) is 54.1 Å².